The summed E-state index contributed by atoms with van der Waals surface area (Å²) < 4.78 is 0. The normalized spacial score (nSPS) is 7.17. The van der Waals surface area contributed by atoms with Crippen LogP contribution in [0, 0.1) is 11.3 Å². The Hall–Kier alpha value is -1.56. The molecule has 0 spiro atoms. The number of hydrogen-bond acceptors (Lipinski definition) is 2. The molecule has 0 aliphatic carbocycles. The van der Waals surface area contributed by atoms with E-state index in [-0.39, 0.29) is 11.9 Å². The summed E-state index contributed by atoms with van der Waals surface area (Å²) in [5.74, 6) is -0.111. The van der Waals surface area contributed by atoms with Crippen molar-refractivity contribution in [1.82, 2.24) is 5.32 Å². The third-order valence-corrected chi connectivity index (χ3v) is 0.708. The minimum Gasteiger partial charge on any atom is -0.350 e. The van der Waals surface area contributed by atoms with Crippen molar-refractivity contribution in [2.45, 2.75) is 19.9 Å². The van der Waals surface area contributed by atoms with Gasteiger partial charge in [0.1, 0.15) is 0 Å². The first-order chi connectivity index (χ1) is 5.58. The Morgan fingerprint density at radius 3 is 2.08 bits per heavy atom. The summed E-state index contributed by atoms with van der Waals surface area (Å²) in [4.78, 5) is 10.4. The first-order valence-electron chi connectivity index (χ1n) is 3.51. The number of amides is 1. The van der Waals surface area contributed by atoms with Gasteiger partial charge in [0.2, 0.25) is 5.91 Å². The van der Waals surface area contributed by atoms with Gasteiger partial charge in [0.25, 0.3) is 0 Å². The lowest BCUT2D eigenvalue weighted by atomic mass is 10.4. The lowest BCUT2D eigenvalue weighted by Gasteiger charge is -2.02. The number of nitriles is 1. The molecule has 0 rings (SSSR count). The molecule has 0 aliphatic heterocycles. The van der Waals surface area contributed by atoms with Crippen molar-refractivity contribution in [1.29, 1.82) is 5.26 Å². The maximum atomic E-state index is 10.4. The van der Waals surface area contributed by atoms with E-state index in [1.54, 1.807) is 6.07 Å². The van der Waals surface area contributed by atoms with E-state index in [0.29, 0.717) is 0 Å². The smallest absolute Gasteiger partial charge is 0.243 e. The second-order valence-corrected chi connectivity index (χ2v) is 2.20. The summed E-state index contributed by atoms with van der Waals surface area (Å²) in [6.45, 7) is 10.2. The summed E-state index contributed by atoms with van der Waals surface area (Å²) in [6, 6.07) is 1.90. The number of rotatable bonds is 2. The number of allylic oxidation sites excluding steroid dienone is 1. The van der Waals surface area contributed by atoms with Crippen molar-refractivity contribution in [3.63, 3.8) is 0 Å². The van der Waals surface area contributed by atoms with Crippen LogP contribution >= 0.6 is 0 Å². The van der Waals surface area contributed by atoms with Gasteiger partial charge in [-0.3, -0.25) is 4.79 Å². The molecular weight excluding hydrogens is 152 g/mol. The molecule has 0 bridgehead atoms. The molecule has 0 unspecified atom stereocenters. The lowest BCUT2D eigenvalue weighted by Crippen LogP contribution is -2.27. The molecule has 12 heavy (non-hydrogen) atoms. The Kier molecular flexibility index (Phi) is 10.3. The highest BCUT2D eigenvalue weighted by Crippen LogP contribution is 1.75. The standard InChI is InChI=1S/C6H11NO.C3H3N/c1-4-6(8)7-5(2)3;1-2-3-4/h4-5H,1H2,2-3H3,(H,7,8);2H,1H2. The number of nitrogens with one attached hydrogen (secondary N) is 1. The fourth-order valence-electron chi connectivity index (χ4n) is 0.343. The van der Waals surface area contributed by atoms with Crippen LogP contribution in [0.3, 0.4) is 0 Å². The molecule has 1 amide bonds. The monoisotopic (exact) mass is 166 g/mol. The maximum Gasteiger partial charge on any atom is 0.243 e. The highest BCUT2D eigenvalue weighted by atomic mass is 16.1. The molecule has 0 aromatic carbocycles. The molecular formula is C9H14N2O. The van der Waals surface area contributed by atoms with Gasteiger partial charge in [-0.15, -0.1) is 0 Å². The predicted octanol–water partition coefficient (Wildman–Crippen LogP) is 1.39. The Balaban J connectivity index is 0. The van der Waals surface area contributed by atoms with Gasteiger partial charge in [0, 0.05) is 12.1 Å². The van der Waals surface area contributed by atoms with Gasteiger partial charge in [0.05, 0.1) is 6.07 Å². The van der Waals surface area contributed by atoms with Gasteiger partial charge in [0.15, 0.2) is 0 Å². The number of carbonyl (C=O) groups is 1. The third-order valence-electron chi connectivity index (χ3n) is 0.708. The van der Waals surface area contributed by atoms with E-state index in [9.17, 15) is 4.79 Å². The first kappa shape index (κ1) is 13.1. The van der Waals surface area contributed by atoms with Gasteiger partial charge in [-0.25, -0.2) is 0 Å². The summed E-state index contributed by atoms with van der Waals surface area (Å²) in [6.07, 6.45) is 2.44. The average molecular weight is 166 g/mol. The zero-order chi connectivity index (χ0) is 9.98. The Morgan fingerprint density at radius 1 is 1.58 bits per heavy atom. The number of nitrogens with zero attached hydrogens (tertiary/aromatic N) is 1. The van der Waals surface area contributed by atoms with Crippen molar-refractivity contribution >= 4 is 5.91 Å². The van der Waals surface area contributed by atoms with Gasteiger partial charge in [-0.1, -0.05) is 13.2 Å². The van der Waals surface area contributed by atoms with E-state index in [1.165, 1.54) is 12.2 Å². The van der Waals surface area contributed by atoms with Crippen molar-refractivity contribution in [3.05, 3.63) is 25.3 Å². The van der Waals surface area contributed by atoms with Crippen LogP contribution in [0.15, 0.2) is 25.3 Å². The predicted molar refractivity (Wildman–Crippen MR) is 49.3 cm³/mol. The molecule has 0 aromatic heterocycles. The highest BCUT2D eigenvalue weighted by molar-refractivity contribution is 5.86. The van der Waals surface area contributed by atoms with E-state index in [2.05, 4.69) is 18.5 Å². The van der Waals surface area contributed by atoms with Crippen LogP contribution in [0.25, 0.3) is 0 Å². The quantitative estimate of drug-likeness (QED) is 0.498. The summed E-state index contributed by atoms with van der Waals surface area (Å²) >= 11 is 0. The molecule has 3 heteroatoms. The second kappa shape index (κ2) is 9.44. The highest BCUT2D eigenvalue weighted by Gasteiger charge is 1.93. The zero-order valence-corrected chi connectivity index (χ0v) is 7.50. The van der Waals surface area contributed by atoms with Gasteiger partial charge in [-0.05, 0) is 19.9 Å². The SMILES string of the molecule is C=CC#N.C=CC(=O)NC(C)C. The molecule has 1 N–H and O–H groups in total. The molecule has 3 nitrogen and oxygen atoms in total. The number of hydrogen-bond donors (Lipinski definition) is 1. The fraction of sp³-hybridized carbons (Fsp3) is 0.333. The largest absolute Gasteiger partial charge is 0.350 e. The van der Waals surface area contributed by atoms with Crippen molar-refractivity contribution in [2.24, 2.45) is 0 Å². The molecule has 0 heterocycles. The minimum atomic E-state index is -0.111. The van der Waals surface area contributed by atoms with Crippen molar-refractivity contribution < 1.29 is 4.79 Å². The fourth-order valence-corrected chi connectivity index (χ4v) is 0.343. The lowest BCUT2D eigenvalue weighted by molar-refractivity contribution is -0.116. The maximum absolute atomic E-state index is 10.4. The van der Waals surface area contributed by atoms with E-state index >= 15 is 0 Å². The molecule has 0 radical (unpaired) electrons. The third kappa shape index (κ3) is 15.8. The molecule has 0 saturated heterocycles. The Labute approximate surface area is 73.4 Å². The van der Waals surface area contributed by atoms with Crippen LogP contribution in [0.1, 0.15) is 13.8 Å². The van der Waals surface area contributed by atoms with Crippen LogP contribution in [-0.4, -0.2) is 11.9 Å². The summed E-state index contributed by atoms with van der Waals surface area (Å²) in [5.41, 5.74) is 0. The molecule has 0 atom stereocenters. The average Bonchev–Trinajstić information content (AvgIpc) is 2.04. The topological polar surface area (TPSA) is 52.9 Å². The van der Waals surface area contributed by atoms with Gasteiger partial charge >= 0.3 is 0 Å². The van der Waals surface area contributed by atoms with E-state index in [0.717, 1.165) is 0 Å². The minimum absolute atomic E-state index is 0.111. The van der Waals surface area contributed by atoms with E-state index < -0.39 is 0 Å². The Morgan fingerprint density at radius 2 is 2.00 bits per heavy atom. The van der Waals surface area contributed by atoms with Crippen LogP contribution in [0.2, 0.25) is 0 Å². The van der Waals surface area contributed by atoms with Crippen LogP contribution in [0.4, 0.5) is 0 Å². The van der Waals surface area contributed by atoms with Gasteiger partial charge in [-0.2, -0.15) is 5.26 Å². The van der Waals surface area contributed by atoms with E-state index in [4.69, 9.17) is 5.26 Å². The summed E-state index contributed by atoms with van der Waals surface area (Å²) in [5, 5.41) is 10.1. The molecule has 0 aromatic rings. The van der Waals surface area contributed by atoms with Crippen LogP contribution < -0.4 is 5.32 Å². The van der Waals surface area contributed by atoms with Crippen LogP contribution in [-0.2, 0) is 4.79 Å². The van der Waals surface area contributed by atoms with Crippen LogP contribution in [0.5, 0.6) is 0 Å². The second-order valence-electron chi connectivity index (χ2n) is 2.20. The Bertz CT molecular complexity index is 189. The molecule has 66 valence electrons. The zero-order valence-electron chi connectivity index (χ0n) is 7.50. The first-order valence-corrected chi connectivity index (χ1v) is 3.51. The molecule has 0 saturated carbocycles. The van der Waals surface area contributed by atoms with Crippen molar-refractivity contribution in [3.8, 4) is 6.07 Å². The van der Waals surface area contributed by atoms with E-state index in [1.807, 2.05) is 13.8 Å². The molecule has 0 fully saturated rings. The number of carbonyl (C=O) groups excluding carboxylic acids is 1. The van der Waals surface area contributed by atoms with Crippen molar-refractivity contribution in [2.75, 3.05) is 0 Å². The van der Waals surface area contributed by atoms with Gasteiger partial charge < -0.3 is 5.32 Å². The summed E-state index contributed by atoms with van der Waals surface area (Å²) in [7, 11) is 0. The molecule has 0 aliphatic rings.